The molecule has 0 saturated carbocycles. The SMILES string of the molecule is CC(=O)O/C(=C\c1ncn2c1CCc1ccccc1-2)C(=O)O. The zero-order valence-electron chi connectivity index (χ0n) is 11.9. The summed E-state index contributed by atoms with van der Waals surface area (Å²) in [4.78, 5) is 26.4. The van der Waals surface area contributed by atoms with Crippen LogP contribution in [0.2, 0.25) is 0 Å². The van der Waals surface area contributed by atoms with Crippen molar-refractivity contribution >= 4 is 18.0 Å². The van der Waals surface area contributed by atoms with Gasteiger partial charge in [-0.1, -0.05) is 18.2 Å². The molecule has 1 aliphatic rings. The number of fused-ring (bicyclic) bond motifs is 3. The highest BCUT2D eigenvalue weighted by Crippen LogP contribution is 2.27. The lowest BCUT2D eigenvalue weighted by Gasteiger charge is -2.19. The number of carboxylic acids is 1. The topological polar surface area (TPSA) is 81.4 Å². The van der Waals surface area contributed by atoms with Crippen molar-refractivity contribution in [2.75, 3.05) is 0 Å². The largest absolute Gasteiger partial charge is 0.475 e. The monoisotopic (exact) mass is 298 g/mol. The fourth-order valence-corrected chi connectivity index (χ4v) is 2.59. The molecule has 0 unspecified atom stereocenters. The van der Waals surface area contributed by atoms with Crippen LogP contribution in [-0.4, -0.2) is 26.6 Å². The van der Waals surface area contributed by atoms with Crippen LogP contribution < -0.4 is 0 Å². The number of para-hydroxylation sites is 1. The summed E-state index contributed by atoms with van der Waals surface area (Å²) in [5.74, 6) is -2.40. The molecule has 0 amide bonds. The molecule has 22 heavy (non-hydrogen) atoms. The van der Waals surface area contributed by atoms with Crippen molar-refractivity contribution in [1.82, 2.24) is 9.55 Å². The number of nitrogens with zero attached hydrogens (tertiary/aromatic N) is 2. The smallest absolute Gasteiger partial charge is 0.372 e. The number of aryl methyl sites for hydroxylation is 1. The maximum atomic E-state index is 11.1. The Bertz CT molecular complexity index is 789. The van der Waals surface area contributed by atoms with E-state index in [0.29, 0.717) is 5.69 Å². The maximum Gasteiger partial charge on any atom is 0.372 e. The molecule has 6 heteroatoms. The molecule has 6 nitrogen and oxygen atoms in total. The van der Waals surface area contributed by atoms with Gasteiger partial charge in [0.1, 0.15) is 6.33 Å². The van der Waals surface area contributed by atoms with E-state index in [1.807, 2.05) is 22.8 Å². The number of imidazole rings is 1. The minimum Gasteiger partial charge on any atom is -0.475 e. The van der Waals surface area contributed by atoms with Gasteiger partial charge >= 0.3 is 11.9 Å². The summed E-state index contributed by atoms with van der Waals surface area (Å²) in [6.45, 7) is 1.16. The quantitative estimate of drug-likeness (QED) is 0.532. The number of hydrogen-bond acceptors (Lipinski definition) is 4. The molecule has 2 aromatic rings. The average molecular weight is 298 g/mol. The lowest BCUT2D eigenvalue weighted by Crippen LogP contribution is -2.12. The first-order valence-corrected chi connectivity index (χ1v) is 6.84. The third kappa shape index (κ3) is 2.50. The Morgan fingerprint density at radius 1 is 1.32 bits per heavy atom. The normalized spacial score (nSPS) is 13.2. The van der Waals surface area contributed by atoms with Crippen molar-refractivity contribution in [1.29, 1.82) is 0 Å². The highest BCUT2D eigenvalue weighted by molar-refractivity contribution is 5.92. The van der Waals surface area contributed by atoms with E-state index in [1.165, 1.54) is 11.6 Å². The third-order valence-electron chi connectivity index (χ3n) is 3.51. The Morgan fingerprint density at radius 3 is 2.82 bits per heavy atom. The van der Waals surface area contributed by atoms with E-state index < -0.39 is 17.7 Å². The van der Waals surface area contributed by atoms with Gasteiger partial charge in [0.05, 0.1) is 11.4 Å². The molecule has 0 fully saturated rings. The Balaban J connectivity index is 2.04. The molecule has 0 aliphatic carbocycles. The molecule has 0 atom stereocenters. The van der Waals surface area contributed by atoms with E-state index in [9.17, 15) is 9.59 Å². The second kappa shape index (κ2) is 5.48. The van der Waals surface area contributed by atoms with Crippen LogP contribution in [0.1, 0.15) is 23.9 Å². The van der Waals surface area contributed by atoms with E-state index in [-0.39, 0.29) is 0 Å². The van der Waals surface area contributed by atoms with Gasteiger partial charge in [0.15, 0.2) is 0 Å². The molecule has 1 N–H and O–H groups in total. The summed E-state index contributed by atoms with van der Waals surface area (Å²) >= 11 is 0. The van der Waals surface area contributed by atoms with Crippen LogP contribution >= 0.6 is 0 Å². The third-order valence-corrected chi connectivity index (χ3v) is 3.51. The molecule has 3 rings (SSSR count). The first-order chi connectivity index (χ1) is 10.6. The molecule has 1 aromatic heterocycles. The van der Waals surface area contributed by atoms with Gasteiger partial charge in [-0.3, -0.25) is 4.79 Å². The van der Waals surface area contributed by atoms with Crippen molar-refractivity contribution in [3.63, 3.8) is 0 Å². The molecule has 2 heterocycles. The van der Waals surface area contributed by atoms with Gasteiger partial charge in [0.2, 0.25) is 5.76 Å². The van der Waals surface area contributed by atoms with Crippen LogP contribution in [-0.2, 0) is 27.2 Å². The number of benzene rings is 1. The fourth-order valence-electron chi connectivity index (χ4n) is 2.59. The number of carbonyl (C=O) groups is 2. The van der Waals surface area contributed by atoms with E-state index in [1.54, 1.807) is 6.33 Å². The van der Waals surface area contributed by atoms with Crippen molar-refractivity contribution in [2.24, 2.45) is 0 Å². The Hall–Kier alpha value is -2.89. The Kier molecular flexibility index (Phi) is 3.50. The van der Waals surface area contributed by atoms with Crippen LogP contribution in [0.4, 0.5) is 0 Å². The lowest BCUT2D eigenvalue weighted by atomic mass is 10.0. The minimum atomic E-state index is -1.30. The molecule has 1 aromatic carbocycles. The lowest BCUT2D eigenvalue weighted by molar-refractivity contribution is -0.146. The van der Waals surface area contributed by atoms with E-state index in [4.69, 9.17) is 9.84 Å². The number of aromatic nitrogens is 2. The molecule has 0 bridgehead atoms. The summed E-state index contributed by atoms with van der Waals surface area (Å²) in [7, 11) is 0. The Morgan fingerprint density at radius 2 is 2.09 bits per heavy atom. The summed E-state index contributed by atoms with van der Waals surface area (Å²) in [6, 6.07) is 8.00. The van der Waals surface area contributed by atoms with E-state index >= 15 is 0 Å². The molecular formula is C16H14N2O4. The fraction of sp³-hybridized carbons (Fsp3) is 0.188. The number of carbonyl (C=O) groups excluding carboxylic acids is 1. The van der Waals surface area contributed by atoms with Crippen LogP contribution in [0.15, 0.2) is 36.4 Å². The number of aliphatic carboxylic acids is 1. The summed E-state index contributed by atoms with van der Waals surface area (Å²) in [5, 5.41) is 9.10. The highest BCUT2D eigenvalue weighted by atomic mass is 16.6. The first kappa shape index (κ1) is 14.1. The Labute approximate surface area is 126 Å². The standard InChI is InChI=1S/C16H14N2O4/c1-10(19)22-15(16(20)21)8-12-14-7-6-11-4-2-3-5-13(11)18(14)9-17-12/h2-5,8-9H,6-7H2,1H3,(H,20,21)/b15-8-. The summed E-state index contributed by atoms with van der Waals surface area (Å²) < 4.78 is 6.66. The minimum absolute atomic E-state index is 0.423. The number of carboxylic acid groups (broad SMARTS) is 1. The second-order valence-electron chi connectivity index (χ2n) is 4.98. The van der Waals surface area contributed by atoms with Gasteiger partial charge in [-0.25, -0.2) is 9.78 Å². The van der Waals surface area contributed by atoms with Crippen molar-refractivity contribution in [3.8, 4) is 5.69 Å². The van der Waals surface area contributed by atoms with Gasteiger partial charge < -0.3 is 14.4 Å². The number of rotatable bonds is 3. The van der Waals surface area contributed by atoms with Gasteiger partial charge in [-0.05, 0) is 24.5 Å². The molecular weight excluding hydrogens is 284 g/mol. The summed E-state index contributed by atoms with van der Waals surface area (Å²) in [5.41, 5.74) is 3.68. The van der Waals surface area contributed by atoms with Gasteiger partial charge in [-0.2, -0.15) is 0 Å². The van der Waals surface area contributed by atoms with E-state index in [2.05, 4.69) is 11.1 Å². The van der Waals surface area contributed by atoms with Crippen LogP contribution in [0.3, 0.4) is 0 Å². The molecule has 0 saturated heterocycles. The molecule has 0 radical (unpaired) electrons. The van der Waals surface area contributed by atoms with Crippen molar-refractivity contribution in [3.05, 3.63) is 53.3 Å². The van der Waals surface area contributed by atoms with Gasteiger partial charge in [-0.15, -0.1) is 0 Å². The second-order valence-corrected chi connectivity index (χ2v) is 4.98. The van der Waals surface area contributed by atoms with Crippen molar-refractivity contribution in [2.45, 2.75) is 19.8 Å². The number of ether oxygens (including phenoxy) is 1. The number of esters is 1. The number of hydrogen-bond donors (Lipinski definition) is 1. The van der Waals surface area contributed by atoms with Crippen LogP contribution in [0.25, 0.3) is 11.8 Å². The molecule has 1 aliphatic heterocycles. The zero-order chi connectivity index (χ0) is 15.7. The molecule has 0 spiro atoms. The zero-order valence-corrected chi connectivity index (χ0v) is 11.9. The predicted octanol–water partition coefficient (Wildman–Crippen LogP) is 1.96. The van der Waals surface area contributed by atoms with Gasteiger partial charge in [0, 0.05) is 18.7 Å². The summed E-state index contributed by atoms with van der Waals surface area (Å²) in [6.07, 6.45) is 4.56. The van der Waals surface area contributed by atoms with E-state index in [0.717, 1.165) is 31.1 Å². The predicted molar refractivity (Wildman–Crippen MR) is 78.4 cm³/mol. The first-order valence-electron chi connectivity index (χ1n) is 6.84. The molecule has 112 valence electrons. The maximum absolute atomic E-state index is 11.1. The van der Waals surface area contributed by atoms with Crippen molar-refractivity contribution < 1.29 is 19.4 Å². The van der Waals surface area contributed by atoms with Gasteiger partial charge in [0.25, 0.3) is 0 Å². The van der Waals surface area contributed by atoms with Crippen LogP contribution in [0.5, 0.6) is 0 Å². The average Bonchev–Trinajstić information content (AvgIpc) is 2.89. The highest BCUT2D eigenvalue weighted by Gasteiger charge is 2.20. The van der Waals surface area contributed by atoms with Crippen LogP contribution in [0, 0.1) is 0 Å².